The van der Waals surface area contributed by atoms with Crippen molar-refractivity contribution in [1.82, 2.24) is 5.32 Å². The molecule has 1 rings (SSSR count). The molecule has 0 aliphatic rings. The lowest BCUT2D eigenvalue weighted by Gasteiger charge is -2.12. The van der Waals surface area contributed by atoms with E-state index in [9.17, 15) is 9.59 Å². The van der Waals surface area contributed by atoms with E-state index >= 15 is 0 Å². The first-order valence-corrected chi connectivity index (χ1v) is 6.75. The van der Waals surface area contributed by atoms with Gasteiger partial charge in [0, 0.05) is 6.42 Å². The van der Waals surface area contributed by atoms with Crippen molar-refractivity contribution in [3.63, 3.8) is 0 Å². The van der Waals surface area contributed by atoms with Crippen LogP contribution in [0.5, 0.6) is 5.75 Å². The quantitative estimate of drug-likeness (QED) is 0.715. The van der Waals surface area contributed by atoms with Crippen LogP contribution in [0, 0.1) is 6.92 Å². The number of aryl methyl sites for hydroxylation is 1. The largest absolute Gasteiger partial charge is 0.493 e. The minimum atomic E-state index is -1.00. The van der Waals surface area contributed by atoms with Gasteiger partial charge in [0.1, 0.15) is 11.8 Å². The maximum absolute atomic E-state index is 11.6. The number of rotatable bonds is 8. The van der Waals surface area contributed by atoms with Gasteiger partial charge in [-0.2, -0.15) is 0 Å². The molecule has 2 N–H and O–H groups in total. The van der Waals surface area contributed by atoms with Gasteiger partial charge in [0.25, 0.3) is 0 Å². The third-order valence-corrected chi connectivity index (χ3v) is 2.94. The van der Waals surface area contributed by atoms with Crippen LogP contribution in [0.3, 0.4) is 0 Å². The molecule has 0 spiro atoms. The predicted octanol–water partition coefficient (Wildman–Crippen LogP) is 2.13. The van der Waals surface area contributed by atoms with Crippen molar-refractivity contribution in [1.29, 1.82) is 0 Å². The zero-order chi connectivity index (χ0) is 15.0. The van der Waals surface area contributed by atoms with Gasteiger partial charge >= 0.3 is 5.97 Å². The summed E-state index contributed by atoms with van der Waals surface area (Å²) >= 11 is 0. The van der Waals surface area contributed by atoms with Crippen LogP contribution in [0.1, 0.15) is 31.7 Å². The van der Waals surface area contributed by atoms with Crippen LogP contribution in [0.4, 0.5) is 0 Å². The summed E-state index contributed by atoms with van der Waals surface area (Å²) < 4.78 is 5.57. The van der Waals surface area contributed by atoms with E-state index in [1.54, 1.807) is 6.92 Å². The Labute approximate surface area is 118 Å². The van der Waals surface area contributed by atoms with E-state index in [0.29, 0.717) is 19.4 Å². The van der Waals surface area contributed by atoms with Gasteiger partial charge in [0.15, 0.2) is 0 Å². The van der Waals surface area contributed by atoms with Crippen molar-refractivity contribution in [2.24, 2.45) is 0 Å². The summed E-state index contributed by atoms with van der Waals surface area (Å²) in [7, 11) is 0. The fourth-order valence-electron chi connectivity index (χ4n) is 1.74. The summed E-state index contributed by atoms with van der Waals surface area (Å²) in [5.74, 6) is -0.450. The molecule has 0 aliphatic heterocycles. The third-order valence-electron chi connectivity index (χ3n) is 2.94. The van der Waals surface area contributed by atoms with E-state index < -0.39 is 12.0 Å². The van der Waals surface area contributed by atoms with Crippen molar-refractivity contribution in [2.45, 2.75) is 39.2 Å². The Hall–Kier alpha value is -2.04. The maximum Gasteiger partial charge on any atom is 0.326 e. The van der Waals surface area contributed by atoms with Gasteiger partial charge in [-0.3, -0.25) is 4.79 Å². The highest BCUT2D eigenvalue weighted by Crippen LogP contribution is 2.16. The Balaban J connectivity index is 2.26. The highest BCUT2D eigenvalue weighted by molar-refractivity contribution is 5.83. The molecule has 1 aromatic carbocycles. The second-order valence-electron chi connectivity index (χ2n) is 4.58. The zero-order valence-corrected chi connectivity index (χ0v) is 11.9. The monoisotopic (exact) mass is 279 g/mol. The average molecular weight is 279 g/mol. The van der Waals surface area contributed by atoms with E-state index in [1.165, 1.54) is 0 Å². The zero-order valence-electron chi connectivity index (χ0n) is 11.9. The first kappa shape index (κ1) is 16.0. The fraction of sp³-hybridized carbons (Fsp3) is 0.467. The van der Waals surface area contributed by atoms with Crippen LogP contribution in [0.15, 0.2) is 24.3 Å². The molecule has 0 heterocycles. The minimum Gasteiger partial charge on any atom is -0.493 e. The van der Waals surface area contributed by atoms with Crippen LogP contribution in [-0.2, 0) is 9.59 Å². The molecule has 0 aliphatic carbocycles. The SMILES string of the molecule is CC[C@H](NC(=O)CCCOc1ccccc1C)C(=O)O. The van der Waals surface area contributed by atoms with Crippen molar-refractivity contribution in [3.8, 4) is 5.75 Å². The number of nitrogens with one attached hydrogen (secondary N) is 1. The number of benzene rings is 1. The molecule has 0 radical (unpaired) electrons. The van der Waals surface area contributed by atoms with Crippen molar-refractivity contribution >= 4 is 11.9 Å². The molecule has 0 fully saturated rings. The van der Waals surface area contributed by atoms with E-state index in [0.717, 1.165) is 11.3 Å². The summed E-state index contributed by atoms with van der Waals surface area (Å²) in [6, 6.07) is 6.87. The molecule has 0 unspecified atom stereocenters. The lowest BCUT2D eigenvalue weighted by molar-refractivity contribution is -0.141. The maximum atomic E-state index is 11.6. The molecule has 0 saturated carbocycles. The Morgan fingerprint density at radius 3 is 2.65 bits per heavy atom. The number of carbonyl (C=O) groups excluding carboxylic acids is 1. The number of carboxylic acid groups (broad SMARTS) is 1. The van der Waals surface area contributed by atoms with E-state index in [4.69, 9.17) is 9.84 Å². The number of hydrogen-bond acceptors (Lipinski definition) is 3. The molecule has 5 heteroatoms. The van der Waals surface area contributed by atoms with Crippen molar-refractivity contribution < 1.29 is 19.4 Å². The van der Waals surface area contributed by atoms with E-state index in [1.807, 2.05) is 31.2 Å². The molecule has 20 heavy (non-hydrogen) atoms. The molecule has 110 valence electrons. The van der Waals surface area contributed by atoms with Crippen LogP contribution < -0.4 is 10.1 Å². The summed E-state index contributed by atoms with van der Waals surface area (Å²) in [5, 5.41) is 11.3. The molecule has 0 aromatic heterocycles. The molecule has 1 atom stereocenters. The van der Waals surface area contributed by atoms with Gasteiger partial charge in [0.05, 0.1) is 6.61 Å². The number of carbonyl (C=O) groups is 2. The molecular formula is C15H21NO4. The predicted molar refractivity (Wildman–Crippen MR) is 75.8 cm³/mol. The van der Waals surface area contributed by atoms with Crippen LogP contribution >= 0.6 is 0 Å². The lowest BCUT2D eigenvalue weighted by Crippen LogP contribution is -2.40. The number of carboxylic acids is 1. The third kappa shape index (κ3) is 5.30. The number of amides is 1. The Bertz CT molecular complexity index is 459. The number of para-hydroxylation sites is 1. The van der Waals surface area contributed by atoms with E-state index in [-0.39, 0.29) is 12.3 Å². The molecule has 5 nitrogen and oxygen atoms in total. The molecule has 0 saturated heterocycles. The molecule has 1 amide bonds. The second-order valence-corrected chi connectivity index (χ2v) is 4.58. The van der Waals surface area contributed by atoms with Crippen LogP contribution in [-0.4, -0.2) is 29.6 Å². The molecule has 0 bridgehead atoms. The number of hydrogen-bond donors (Lipinski definition) is 2. The topological polar surface area (TPSA) is 75.6 Å². The van der Waals surface area contributed by atoms with Gasteiger partial charge in [-0.15, -0.1) is 0 Å². The van der Waals surface area contributed by atoms with Gasteiger partial charge in [-0.05, 0) is 31.4 Å². The standard InChI is InChI=1S/C15H21NO4/c1-3-12(15(18)19)16-14(17)9-6-10-20-13-8-5-4-7-11(13)2/h4-5,7-8,12H,3,6,9-10H2,1-2H3,(H,16,17)(H,18,19)/t12-/m0/s1. The molecule has 1 aromatic rings. The Kier molecular flexibility index (Phi) is 6.56. The normalized spacial score (nSPS) is 11.7. The van der Waals surface area contributed by atoms with Crippen LogP contribution in [0.25, 0.3) is 0 Å². The first-order chi connectivity index (χ1) is 9.54. The fourth-order valence-corrected chi connectivity index (χ4v) is 1.74. The highest BCUT2D eigenvalue weighted by Gasteiger charge is 2.16. The lowest BCUT2D eigenvalue weighted by atomic mass is 10.2. The molecular weight excluding hydrogens is 258 g/mol. The summed E-state index contributed by atoms with van der Waals surface area (Å²) in [5.41, 5.74) is 1.05. The smallest absolute Gasteiger partial charge is 0.326 e. The Morgan fingerprint density at radius 1 is 1.35 bits per heavy atom. The van der Waals surface area contributed by atoms with Gasteiger partial charge in [-0.25, -0.2) is 4.79 Å². The van der Waals surface area contributed by atoms with Gasteiger partial charge in [-0.1, -0.05) is 25.1 Å². The van der Waals surface area contributed by atoms with Gasteiger partial charge in [0.2, 0.25) is 5.91 Å². The highest BCUT2D eigenvalue weighted by atomic mass is 16.5. The summed E-state index contributed by atoms with van der Waals surface area (Å²) in [4.78, 5) is 22.3. The van der Waals surface area contributed by atoms with Crippen LogP contribution in [0.2, 0.25) is 0 Å². The van der Waals surface area contributed by atoms with E-state index in [2.05, 4.69) is 5.32 Å². The van der Waals surface area contributed by atoms with Crippen molar-refractivity contribution in [3.05, 3.63) is 29.8 Å². The number of aliphatic carboxylic acids is 1. The first-order valence-electron chi connectivity index (χ1n) is 6.75. The number of ether oxygens (including phenoxy) is 1. The van der Waals surface area contributed by atoms with Crippen molar-refractivity contribution in [2.75, 3.05) is 6.61 Å². The minimum absolute atomic E-state index is 0.257. The summed E-state index contributed by atoms with van der Waals surface area (Å²) in [6.45, 7) is 4.11. The summed E-state index contributed by atoms with van der Waals surface area (Å²) in [6.07, 6.45) is 1.19. The van der Waals surface area contributed by atoms with Gasteiger partial charge < -0.3 is 15.2 Å². The second kappa shape index (κ2) is 8.19. The average Bonchev–Trinajstić information content (AvgIpc) is 2.42. The Morgan fingerprint density at radius 2 is 2.05 bits per heavy atom.